The van der Waals surface area contributed by atoms with Crippen molar-refractivity contribution in [3.63, 3.8) is 0 Å². The third-order valence-electron chi connectivity index (χ3n) is 3.26. The van der Waals surface area contributed by atoms with Crippen LogP contribution in [0.1, 0.15) is 18.5 Å². The van der Waals surface area contributed by atoms with E-state index in [1.807, 2.05) is 0 Å². The molecule has 2 N–H and O–H groups in total. The number of amides is 2. The summed E-state index contributed by atoms with van der Waals surface area (Å²) in [5.74, 6) is -1.26. The van der Waals surface area contributed by atoms with Crippen molar-refractivity contribution in [3.8, 4) is 0 Å². The van der Waals surface area contributed by atoms with E-state index in [2.05, 4.69) is 0 Å². The molecule has 0 aliphatic carbocycles. The van der Waals surface area contributed by atoms with Crippen LogP contribution in [0.15, 0.2) is 18.2 Å². The number of halogens is 2. The van der Waals surface area contributed by atoms with Crippen LogP contribution in [-0.4, -0.2) is 42.0 Å². The summed E-state index contributed by atoms with van der Waals surface area (Å²) in [6.45, 7) is 2.58. The maximum atomic E-state index is 13.8. The van der Waals surface area contributed by atoms with Gasteiger partial charge in [-0.25, -0.2) is 13.6 Å². The highest BCUT2D eigenvalue weighted by Gasteiger charge is 2.36. The van der Waals surface area contributed by atoms with Crippen LogP contribution in [0.2, 0.25) is 0 Å². The van der Waals surface area contributed by atoms with Gasteiger partial charge in [0.25, 0.3) is 0 Å². The van der Waals surface area contributed by atoms with E-state index in [0.29, 0.717) is 18.7 Å². The molecule has 0 spiro atoms. The molecule has 2 amide bonds. The number of carbonyl (C=O) groups excluding carboxylic acids is 1. The van der Waals surface area contributed by atoms with E-state index in [-0.39, 0.29) is 12.1 Å². The van der Waals surface area contributed by atoms with Gasteiger partial charge < -0.3 is 15.5 Å². The van der Waals surface area contributed by atoms with Crippen LogP contribution in [-0.2, 0) is 0 Å². The second-order valence-electron chi connectivity index (χ2n) is 4.96. The van der Waals surface area contributed by atoms with Gasteiger partial charge in [-0.2, -0.15) is 0 Å². The molecule has 4 nitrogen and oxygen atoms in total. The molecule has 1 aromatic carbocycles. The standard InChI is InChI=1S/C13H17F2N3O/c1-8(16)6-18-7-12(17(2)13(18)19)10-4-3-9(14)5-11(10)15/h3-5,8,12H,6-7,16H2,1-2H3. The maximum absolute atomic E-state index is 13.8. The zero-order chi connectivity index (χ0) is 14.2. The molecule has 0 saturated carbocycles. The Bertz CT molecular complexity index is 493. The number of nitrogens with two attached hydrogens (primary N) is 1. The molecular weight excluding hydrogens is 252 g/mol. The molecule has 1 fully saturated rings. The Morgan fingerprint density at radius 1 is 1.47 bits per heavy atom. The predicted octanol–water partition coefficient (Wildman–Crippen LogP) is 1.72. The van der Waals surface area contributed by atoms with E-state index < -0.39 is 17.7 Å². The molecule has 6 heteroatoms. The number of carbonyl (C=O) groups is 1. The van der Waals surface area contributed by atoms with Crippen LogP contribution < -0.4 is 5.73 Å². The van der Waals surface area contributed by atoms with Gasteiger partial charge in [0, 0.05) is 37.8 Å². The lowest BCUT2D eigenvalue weighted by Gasteiger charge is -2.18. The zero-order valence-electron chi connectivity index (χ0n) is 10.9. The summed E-state index contributed by atoms with van der Waals surface area (Å²) in [6, 6.07) is 2.67. The van der Waals surface area contributed by atoms with E-state index in [1.54, 1.807) is 18.9 Å². The lowest BCUT2D eigenvalue weighted by molar-refractivity contribution is 0.194. The first-order valence-electron chi connectivity index (χ1n) is 6.12. The molecule has 1 aliphatic heterocycles. The lowest BCUT2D eigenvalue weighted by Crippen LogP contribution is -2.38. The first-order valence-corrected chi connectivity index (χ1v) is 6.12. The fraction of sp³-hybridized carbons (Fsp3) is 0.462. The van der Waals surface area contributed by atoms with Gasteiger partial charge in [-0.15, -0.1) is 0 Å². The number of benzene rings is 1. The van der Waals surface area contributed by atoms with Gasteiger partial charge in [0.1, 0.15) is 11.6 Å². The van der Waals surface area contributed by atoms with Crippen LogP contribution >= 0.6 is 0 Å². The molecule has 1 aliphatic rings. The fourth-order valence-electron chi connectivity index (χ4n) is 2.34. The number of hydrogen-bond donors (Lipinski definition) is 1. The Kier molecular flexibility index (Phi) is 3.71. The van der Waals surface area contributed by atoms with Crippen LogP contribution in [0.3, 0.4) is 0 Å². The summed E-state index contributed by atoms with van der Waals surface area (Å²) in [7, 11) is 1.61. The molecule has 2 atom stereocenters. The average Bonchev–Trinajstić information content (AvgIpc) is 2.57. The first kappa shape index (κ1) is 13.7. The summed E-state index contributed by atoms with van der Waals surface area (Å²) in [6.07, 6.45) is 0. The normalized spacial score (nSPS) is 21.1. The van der Waals surface area contributed by atoms with Crippen molar-refractivity contribution in [2.45, 2.75) is 19.0 Å². The van der Waals surface area contributed by atoms with Gasteiger partial charge in [-0.1, -0.05) is 6.07 Å². The highest BCUT2D eigenvalue weighted by atomic mass is 19.1. The van der Waals surface area contributed by atoms with Crippen LogP contribution in [0.4, 0.5) is 13.6 Å². The predicted molar refractivity (Wildman–Crippen MR) is 67.5 cm³/mol. The minimum absolute atomic E-state index is 0.144. The molecule has 0 radical (unpaired) electrons. The van der Waals surface area contributed by atoms with Gasteiger partial charge in [0.05, 0.1) is 6.04 Å². The number of hydrogen-bond acceptors (Lipinski definition) is 2. The van der Waals surface area contributed by atoms with Crippen LogP contribution in [0.25, 0.3) is 0 Å². The van der Waals surface area contributed by atoms with Crippen molar-refractivity contribution < 1.29 is 13.6 Å². The molecule has 19 heavy (non-hydrogen) atoms. The van der Waals surface area contributed by atoms with Gasteiger partial charge >= 0.3 is 6.03 Å². The summed E-state index contributed by atoms with van der Waals surface area (Å²) in [5.41, 5.74) is 6.00. The van der Waals surface area contributed by atoms with E-state index >= 15 is 0 Å². The summed E-state index contributed by atoms with van der Waals surface area (Å²) in [5, 5.41) is 0. The molecular formula is C13H17F2N3O. The monoisotopic (exact) mass is 269 g/mol. The Hall–Kier alpha value is -1.69. The zero-order valence-corrected chi connectivity index (χ0v) is 10.9. The minimum atomic E-state index is -0.632. The lowest BCUT2D eigenvalue weighted by atomic mass is 10.1. The van der Waals surface area contributed by atoms with Crippen LogP contribution in [0.5, 0.6) is 0 Å². The molecule has 2 rings (SSSR count). The molecule has 0 bridgehead atoms. The molecule has 1 heterocycles. The van der Waals surface area contributed by atoms with Gasteiger partial charge in [0.15, 0.2) is 0 Å². The highest BCUT2D eigenvalue weighted by molar-refractivity contribution is 5.77. The molecule has 1 aromatic rings. The van der Waals surface area contributed by atoms with Crippen molar-refractivity contribution in [2.75, 3.05) is 20.1 Å². The molecule has 0 aromatic heterocycles. The van der Waals surface area contributed by atoms with Crippen molar-refractivity contribution in [2.24, 2.45) is 5.73 Å². The Morgan fingerprint density at radius 2 is 2.16 bits per heavy atom. The number of nitrogens with zero attached hydrogens (tertiary/aromatic N) is 2. The number of likely N-dealkylation sites (N-methyl/N-ethyl adjacent to an activating group) is 1. The Balaban J connectivity index is 2.24. The molecule has 104 valence electrons. The van der Waals surface area contributed by atoms with E-state index in [0.717, 1.165) is 6.07 Å². The quantitative estimate of drug-likeness (QED) is 0.908. The first-order chi connectivity index (χ1) is 8.90. The van der Waals surface area contributed by atoms with Crippen LogP contribution in [0, 0.1) is 11.6 Å². The number of rotatable bonds is 3. The Labute approximate surface area is 110 Å². The average molecular weight is 269 g/mol. The van der Waals surface area contributed by atoms with Crippen molar-refractivity contribution in [1.29, 1.82) is 0 Å². The van der Waals surface area contributed by atoms with E-state index in [9.17, 15) is 13.6 Å². The van der Waals surface area contributed by atoms with Crippen molar-refractivity contribution in [1.82, 2.24) is 9.80 Å². The Morgan fingerprint density at radius 3 is 2.74 bits per heavy atom. The summed E-state index contributed by atoms with van der Waals surface area (Å²) in [4.78, 5) is 15.0. The van der Waals surface area contributed by atoms with Gasteiger partial charge in [-0.05, 0) is 13.0 Å². The smallest absolute Gasteiger partial charge is 0.320 e. The molecule has 1 saturated heterocycles. The SMILES string of the molecule is CC(N)CN1CC(c2ccc(F)cc2F)N(C)C1=O. The number of urea groups is 1. The topological polar surface area (TPSA) is 49.6 Å². The van der Waals surface area contributed by atoms with Gasteiger partial charge in [0.2, 0.25) is 0 Å². The fourth-order valence-corrected chi connectivity index (χ4v) is 2.34. The van der Waals surface area contributed by atoms with Crippen molar-refractivity contribution >= 4 is 6.03 Å². The van der Waals surface area contributed by atoms with Gasteiger partial charge in [-0.3, -0.25) is 0 Å². The van der Waals surface area contributed by atoms with Crippen molar-refractivity contribution in [3.05, 3.63) is 35.4 Å². The molecule has 2 unspecified atom stereocenters. The second kappa shape index (κ2) is 5.13. The third kappa shape index (κ3) is 2.68. The summed E-state index contributed by atoms with van der Waals surface area (Å²) < 4.78 is 26.7. The third-order valence-corrected chi connectivity index (χ3v) is 3.26. The largest absolute Gasteiger partial charge is 0.326 e. The van der Waals surface area contributed by atoms with E-state index in [4.69, 9.17) is 5.73 Å². The van der Waals surface area contributed by atoms with E-state index in [1.165, 1.54) is 17.0 Å². The maximum Gasteiger partial charge on any atom is 0.320 e. The highest BCUT2D eigenvalue weighted by Crippen LogP contribution is 2.30. The summed E-state index contributed by atoms with van der Waals surface area (Å²) >= 11 is 0. The second-order valence-corrected chi connectivity index (χ2v) is 4.96. The minimum Gasteiger partial charge on any atom is -0.326 e.